The maximum absolute atomic E-state index is 12.7. The highest BCUT2D eigenvalue weighted by Crippen LogP contribution is 2.43. The van der Waals surface area contributed by atoms with Crippen LogP contribution in [0.15, 0.2) is 54.6 Å². The average molecular weight is 413 g/mol. The molecule has 148 valence electrons. The second kappa shape index (κ2) is 9.86. The second-order valence-electron chi connectivity index (χ2n) is 7.43. The lowest BCUT2D eigenvalue weighted by Crippen LogP contribution is -2.36. The molecule has 1 atom stereocenters. The minimum Gasteiger partial charge on any atom is -0.350 e. The van der Waals surface area contributed by atoms with E-state index < -0.39 is 0 Å². The largest absolute Gasteiger partial charge is 0.350 e. The highest BCUT2D eigenvalue weighted by atomic mass is 32.2. The molecule has 2 fully saturated rings. The van der Waals surface area contributed by atoms with Crippen molar-refractivity contribution in [2.24, 2.45) is 0 Å². The van der Waals surface area contributed by atoms with Gasteiger partial charge in [0.15, 0.2) is 0 Å². The van der Waals surface area contributed by atoms with Crippen molar-refractivity contribution in [1.29, 1.82) is 0 Å². The Hall–Kier alpha value is -1.43. The normalized spacial score (nSPS) is 19.4. The summed E-state index contributed by atoms with van der Waals surface area (Å²) in [4.78, 5) is 15.2. The molecule has 0 bridgehead atoms. The second-order valence-corrected chi connectivity index (χ2v) is 10.2. The lowest BCUT2D eigenvalue weighted by Gasteiger charge is -2.28. The fraction of sp³-hybridized carbons (Fsp3) is 0.435. The van der Waals surface area contributed by atoms with E-state index in [1.165, 1.54) is 41.9 Å². The smallest absolute Gasteiger partial charge is 0.251 e. The van der Waals surface area contributed by atoms with Crippen LogP contribution in [0.4, 0.5) is 0 Å². The third kappa shape index (κ3) is 4.94. The number of amides is 1. The summed E-state index contributed by atoms with van der Waals surface area (Å²) < 4.78 is 0.517. The number of rotatable bonds is 6. The van der Waals surface area contributed by atoms with Crippen molar-refractivity contribution in [1.82, 2.24) is 10.2 Å². The zero-order chi connectivity index (χ0) is 19.2. The monoisotopic (exact) mass is 412 g/mol. The third-order valence-electron chi connectivity index (χ3n) is 5.49. The molecule has 0 aromatic heterocycles. The number of benzene rings is 2. The summed E-state index contributed by atoms with van der Waals surface area (Å²) in [6.45, 7) is 2.88. The van der Waals surface area contributed by atoms with Crippen LogP contribution in [-0.4, -0.2) is 41.9 Å². The Kier molecular flexibility index (Phi) is 7.00. The summed E-state index contributed by atoms with van der Waals surface area (Å²) in [6.07, 6.45) is 3.79. The fourth-order valence-corrected chi connectivity index (χ4v) is 6.84. The molecule has 2 aromatic carbocycles. The molecule has 2 aliphatic heterocycles. The molecule has 4 rings (SSSR count). The van der Waals surface area contributed by atoms with Crippen LogP contribution in [0.25, 0.3) is 0 Å². The van der Waals surface area contributed by atoms with Gasteiger partial charge in [-0.05, 0) is 67.1 Å². The van der Waals surface area contributed by atoms with E-state index in [0.717, 1.165) is 18.7 Å². The lowest BCUT2D eigenvalue weighted by molar-refractivity contribution is 0.0938. The van der Waals surface area contributed by atoms with Crippen LogP contribution in [-0.2, 0) is 0 Å². The molecule has 28 heavy (non-hydrogen) atoms. The Morgan fingerprint density at radius 1 is 0.964 bits per heavy atom. The van der Waals surface area contributed by atoms with E-state index in [2.05, 4.69) is 46.6 Å². The van der Waals surface area contributed by atoms with Crippen LogP contribution in [0.3, 0.4) is 0 Å². The summed E-state index contributed by atoms with van der Waals surface area (Å²) in [5, 5.41) is 3.18. The highest BCUT2D eigenvalue weighted by molar-refractivity contribution is 8.16. The Bertz CT molecular complexity index is 754. The lowest BCUT2D eigenvalue weighted by atomic mass is 10.1. The van der Waals surface area contributed by atoms with Crippen LogP contribution in [0, 0.1) is 0 Å². The van der Waals surface area contributed by atoms with Crippen LogP contribution < -0.4 is 5.32 Å². The van der Waals surface area contributed by atoms with E-state index in [4.69, 9.17) is 0 Å². The van der Waals surface area contributed by atoms with Crippen molar-refractivity contribution in [3.05, 3.63) is 71.3 Å². The summed E-state index contributed by atoms with van der Waals surface area (Å²) in [5.74, 6) is 2.49. The summed E-state index contributed by atoms with van der Waals surface area (Å²) >= 11 is 4.03. The topological polar surface area (TPSA) is 32.3 Å². The summed E-state index contributed by atoms with van der Waals surface area (Å²) in [6, 6.07) is 19.0. The number of carbonyl (C=O) groups excluding carboxylic acids is 1. The van der Waals surface area contributed by atoms with Crippen LogP contribution >= 0.6 is 23.5 Å². The van der Waals surface area contributed by atoms with Gasteiger partial charge < -0.3 is 5.32 Å². The molecule has 2 aromatic rings. The van der Waals surface area contributed by atoms with Gasteiger partial charge in [0, 0.05) is 12.1 Å². The van der Waals surface area contributed by atoms with Gasteiger partial charge in [-0.15, -0.1) is 23.5 Å². The van der Waals surface area contributed by atoms with Gasteiger partial charge in [-0.25, -0.2) is 0 Å². The van der Waals surface area contributed by atoms with Gasteiger partial charge >= 0.3 is 0 Å². The van der Waals surface area contributed by atoms with Crippen LogP contribution in [0.1, 0.15) is 51.4 Å². The number of hydrogen-bond acceptors (Lipinski definition) is 4. The predicted octanol–water partition coefficient (Wildman–Crippen LogP) is 5.12. The van der Waals surface area contributed by atoms with Crippen molar-refractivity contribution in [2.75, 3.05) is 31.1 Å². The van der Waals surface area contributed by atoms with Gasteiger partial charge in [-0.3, -0.25) is 9.69 Å². The maximum atomic E-state index is 12.7. The van der Waals surface area contributed by atoms with E-state index in [1.807, 2.05) is 41.7 Å². The molecule has 0 spiro atoms. The fourth-order valence-electron chi connectivity index (χ4n) is 3.95. The van der Waals surface area contributed by atoms with Gasteiger partial charge in [0.05, 0.1) is 10.6 Å². The molecule has 1 amide bonds. The first-order valence-electron chi connectivity index (χ1n) is 10.2. The maximum Gasteiger partial charge on any atom is 0.251 e. The SMILES string of the molecule is O=C(NC[C@@H](c1ccccc1)N1CCCC1)c1ccc(C2SCCCS2)cc1. The first kappa shape index (κ1) is 19.9. The number of likely N-dealkylation sites (tertiary alicyclic amines) is 1. The van der Waals surface area contributed by atoms with E-state index in [-0.39, 0.29) is 11.9 Å². The molecule has 2 heterocycles. The van der Waals surface area contributed by atoms with Crippen molar-refractivity contribution >= 4 is 29.4 Å². The molecule has 1 N–H and O–H groups in total. The minimum atomic E-state index is 0.0237. The number of carbonyl (C=O) groups is 1. The summed E-state index contributed by atoms with van der Waals surface area (Å²) in [7, 11) is 0. The van der Waals surface area contributed by atoms with Gasteiger partial charge in [0.2, 0.25) is 0 Å². The molecule has 0 unspecified atom stereocenters. The number of thioether (sulfide) groups is 2. The Morgan fingerprint density at radius 3 is 2.32 bits per heavy atom. The first-order chi connectivity index (χ1) is 13.8. The summed E-state index contributed by atoms with van der Waals surface area (Å²) in [5.41, 5.74) is 3.36. The molecule has 0 radical (unpaired) electrons. The molecule has 0 saturated carbocycles. The molecular weight excluding hydrogens is 384 g/mol. The number of hydrogen-bond donors (Lipinski definition) is 1. The van der Waals surface area contributed by atoms with Crippen LogP contribution in [0.2, 0.25) is 0 Å². The average Bonchev–Trinajstić information content (AvgIpc) is 3.30. The quantitative estimate of drug-likeness (QED) is 0.713. The van der Waals surface area contributed by atoms with E-state index >= 15 is 0 Å². The third-order valence-corrected chi connectivity index (χ3v) is 8.51. The van der Waals surface area contributed by atoms with Gasteiger partial charge in [0.25, 0.3) is 5.91 Å². The van der Waals surface area contributed by atoms with E-state index in [9.17, 15) is 4.79 Å². The molecule has 2 aliphatic rings. The zero-order valence-electron chi connectivity index (χ0n) is 16.2. The number of nitrogens with zero attached hydrogens (tertiary/aromatic N) is 1. The number of nitrogens with one attached hydrogen (secondary N) is 1. The molecule has 3 nitrogen and oxygen atoms in total. The highest BCUT2D eigenvalue weighted by Gasteiger charge is 2.24. The Labute approximate surface area is 176 Å². The van der Waals surface area contributed by atoms with Crippen molar-refractivity contribution in [3.63, 3.8) is 0 Å². The van der Waals surface area contributed by atoms with Crippen LogP contribution in [0.5, 0.6) is 0 Å². The van der Waals surface area contributed by atoms with Crippen molar-refractivity contribution in [2.45, 2.75) is 29.9 Å². The van der Waals surface area contributed by atoms with Gasteiger partial charge in [0.1, 0.15) is 0 Å². The minimum absolute atomic E-state index is 0.0237. The van der Waals surface area contributed by atoms with Crippen molar-refractivity contribution in [3.8, 4) is 0 Å². The standard InChI is InChI=1S/C23H28N2OS2/c26-22(19-9-11-20(12-10-19)23-27-15-6-16-28-23)24-17-21(25-13-4-5-14-25)18-7-2-1-3-8-18/h1-3,7-12,21,23H,4-6,13-17H2,(H,24,26)/t21-/m0/s1. The zero-order valence-corrected chi connectivity index (χ0v) is 17.8. The molecule has 2 saturated heterocycles. The molecular formula is C23H28N2OS2. The Balaban J connectivity index is 1.39. The molecule has 0 aliphatic carbocycles. The van der Waals surface area contributed by atoms with Gasteiger partial charge in [-0.2, -0.15) is 0 Å². The molecule has 5 heteroatoms. The Morgan fingerprint density at radius 2 is 1.64 bits per heavy atom. The predicted molar refractivity (Wildman–Crippen MR) is 121 cm³/mol. The van der Waals surface area contributed by atoms with E-state index in [1.54, 1.807) is 0 Å². The van der Waals surface area contributed by atoms with E-state index in [0.29, 0.717) is 11.1 Å². The van der Waals surface area contributed by atoms with Gasteiger partial charge in [-0.1, -0.05) is 42.5 Å². The first-order valence-corrected chi connectivity index (χ1v) is 12.3. The van der Waals surface area contributed by atoms with Crippen molar-refractivity contribution < 1.29 is 4.79 Å².